The van der Waals surface area contributed by atoms with Crippen molar-refractivity contribution in [1.82, 2.24) is 28.9 Å². The van der Waals surface area contributed by atoms with Crippen LogP contribution in [0.2, 0.25) is 5.02 Å². The summed E-state index contributed by atoms with van der Waals surface area (Å²) in [6.45, 7) is 5.50. The lowest BCUT2D eigenvalue weighted by molar-refractivity contribution is -0.148. The van der Waals surface area contributed by atoms with Gasteiger partial charge in [-0.3, -0.25) is 24.2 Å². The van der Waals surface area contributed by atoms with Crippen LogP contribution < -0.4 is 9.74 Å². The van der Waals surface area contributed by atoms with Crippen molar-refractivity contribution < 1.29 is 24.2 Å². The molecule has 5 heterocycles. The van der Waals surface area contributed by atoms with E-state index in [4.69, 9.17) is 38.1 Å². The van der Waals surface area contributed by atoms with E-state index in [1.54, 1.807) is 18.2 Å². The lowest BCUT2D eigenvalue weighted by Gasteiger charge is -2.36. The molecule has 2 N–H and O–H groups in total. The van der Waals surface area contributed by atoms with Crippen LogP contribution in [0.25, 0.3) is 11.1 Å². The molecule has 300 valence electrons. The normalized spacial score (nSPS) is 23.6. The monoisotopic (exact) mass is 814 g/mol. The number of aromatic nitrogens is 4. The highest BCUT2D eigenvalue weighted by molar-refractivity contribution is 6.39. The largest absolute Gasteiger partial charge is 0.481 e. The van der Waals surface area contributed by atoms with Gasteiger partial charge in [-0.05, 0) is 74.1 Å². The number of halogens is 2. The van der Waals surface area contributed by atoms with Gasteiger partial charge in [-0.25, -0.2) is 14.4 Å². The third-order valence-corrected chi connectivity index (χ3v) is 14.3. The van der Waals surface area contributed by atoms with Gasteiger partial charge >= 0.3 is 11.9 Å². The van der Waals surface area contributed by atoms with Gasteiger partial charge < -0.3 is 24.3 Å². The van der Waals surface area contributed by atoms with Crippen molar-refractivity contribution in [2.24, 2.45) is 24.9 Å². The Morgan fingerprint density at radius 1 is 0.930 bits per heavy atom. The molecule has 2 aromatic heterocycles. The predicted octanol–water partition coefficient (Wildman–Crippen LogP) is 6.46. The zero-order valence-corrected chi connectivity index (χ0v) is 33.9. The quantitative estimate of drug-likeness (QED) is 0.183. The smallest absolute Gasteiger partial charge is 0.309 e. The van der Waals surface area contributed by atoms with Gasteiger partial charge in [-0.1, -0.05) is 35.9 Å². The predicted molar refractivity (Wildman–Crippen MR) is 216 cm³/mol. The summed E-state index contributed by atoms with van der Waals surface area (Å²) in [7, 11) is 3.74. The standard InChI is InChI=1S/C42H48Cl2N8O5/c1-48-34-10-18-51(27-11-19-57-20-12-27)23-32(34)45-36(48)38(53)47-30-8-4-7-29(35(30)43)26-5-3-6-28(21-26)52(44)39(54)37-46-31-22-50(17-9-33(31)49(37)2)25-41-13-15-42(24-41,16-14-41)40(55)56/h3-8,21,27H,9-20,22-25H2,1-2H3,(H,47,53)(H,55,56). The van der Waals surface area contributed by atoms with Crippen LogP contribution in [-0.4, -0.2) is 90.7 Å². The van der Waals surface area contributed by atoms with Gasteiger partial charge in [-0.15, -0.1) is 0 Å². The number of aliphatic carboxylic acids is 1. The van der Waals surface area contributed by atoms with Gasteiger partial charge in [0, 0.05) is 108 Å². The van der Waals surface area contributed by atoms with E-state index in [9.17, 15) is 19.5 Å². The molecule has 0 unspecified atom stereocenters. The first-order valence-electron chi connectivity index (χ1n) is 20.0. The van der Waals surface area contributed by atoms with E-state index in [2.05, 4.69) is 15.1 Å². The number of carboxylic acids is 1. The summed E-state index contributed by atoms with van der Waals surface area (Å²) in [5.74, 6) is -0.847. The topological polar surface area (TPSA) is 138 Å². The molecule has 2 saturated carbocycles. The number of amides is 2. The molecule has 9 rings (SSSR count). The number of carbonyl (C=O) groups excluding carboxylic acids is 2. The van der Waals surface area contributed by atoms with Crippen LogP contribution >= 0.6 is 23.4 Å². The van der Waals surface area contributed by atoms with E-state index >= 15 is 0 Å². The van der Waals surface area contributed by atoms with Crippen LogP contribution in [0.15, 0.2) is 42.5 Å². The van der Waals surface area contributed by atoms with Crippen molar-refractivity contribution in [2.75, 3.05) is 42.6 Å². The van der Waals surface area contributed by atoms with Crippen molar-refractivity contribution in [3.05, 3.63) is 81.9 Å². The Kier molecular flexibility index (Phi) is 9.96. The number of carboxylic acid groups (broad SMARTS) is 1. The number of benzene rings is 2. The molecule has 0 atom stereocenters. The van der Waals surface area contributed by atoms with Crippen LogP contribution in [0.5, 0.6) is 0 Å². The molecule has 0 spiro atoms. The summed E-state index contributed by atoms with van der Waals surface area (Å²) in [6, 6.07) is 13.2. The fourth-order valence-electron chi connectivity index (χ4n) is 10.4. The zero-order chi connectivity index (χ0) is 39.6. The maximum atomic E-state index is 13.9. The van der Waals surface area contributed by atoms with Gasteiger partial charge in [-0.2, -0.15) is 0 Å². The molecule has 57 heavy (non-hydrogen) atoms. The molecule has 1 saturated heterocycles. The molecule has 5 aliphatic rings. The number of carbonyl (C=O) groups is 3. The molecule has 13 nitrogen and oxygen atoms in total. The van der Waals surface area contributed by atoms with Gasteiger partial charge in [0.1, 0.15) is 0 Å². The highest BCUT2D eigenvalue weighted by atomic mass is 35.5. The maximum Gasteiger partial charge on any atom is 0.309 e. The SMILES string of the molecule is Cn1c(C(=O)Nc2cccc(-c3cccc(N(Cl)C(=O)c4nc5c(n4C)CCN(CC46CCC(C(=O)O)(CC4)C6)C5)c3)c2Cl)nc2c1CCN(C1CCOCC1)C2. The summed E-state index contributed by atoms with van der Waals surface area (Å²) < 4.78 is 10.4. The minimum Gasteiger partial charge on any atom is -0.481 e. The first kappa shape index (κ1) is 38.3. The number of imidazole rings is 2. The highest BCUT2D eigenvalue weighted by Gasteiger charge is 2.58. The van der Waals surface area contributed by atoms with Crippen molar-refractivity contribution in [1.29, 1.82) is 0 Å². The van der Waals surface area contributed by atoms with E-state index in [0.29, 0.717) is 52.5 Å². The molecule has 2 aliphatic carbocycles. The summed E-state index contributed by atoms with van der Waals surface area (Å²) in [5, 5.41) is 13.2. The minimum atomic E-state index is -0.649. The van der Waals surface area contributed by atoms with Crippen LogP contribution in [0.4, 0.5) is 11.4 Å². The Balaban J connectivity index is 0.880. The fraction of sp³-hybridized carbons (Fsp3) is 0.500. The third-order valence-electron chi connectivity index (χ3n) is 13.5. The molecule has 4 aromatic rings. The number of fused-ring (bicyclic) bond motifs is 4. The molecule has 3 fully saturated rings. The van der Waals surface area contributed by atoms with Crippen LogP contribution in [0.1, 0.15) is 89.0 Å². The summed E-state index contributed by atoms with van der Waals surface area (Å²) in [6.07, 6.45) is 7.76. The Hall–Kier alpha value is -4.27. The molecular formula is C42H48Cl2N8O5. The molecule has 0 radical (unpaired) electrons. The number of rotatable bonds is 9. The number of anilines is 2. The number of nitrogens with one attached hydrogen (secondary N) is 1. The lowest BCUT2D eigenvalue weighted by atomic mass is 9.81. The lowest BCUT2D eigenvalue weighted by Crippen LogP contribution is -2.42. The second-order valence-corrected chi connectivity index (χ2v) is 17.5. The molecule has 15 heteroatoms. The zero-order valence-electron chi connectivity index (χ0n) is 32.4. The molecule has 3 aliphatic heterocycles. The Labute approximate surface area is 342 Å². The van der Waals surface area contributed by atoms with E-state index in [1.807, 2.05) is 47.5 Å². The maximum absolute atomic E-state index is 13.9. The molecule has 2 aromatic carbocycles. The van der Waals surface area contributed by atoms with Gasteiger partial charge in [0.2, 0.25) is 5.82 Å². The number of hydrogen-bond donors (Lipinski definition) is 2. The van der Waals surface area contributed by atoms with E-state index in [-0.39, 0.29) is 17.1 Å². The summed E-state index contributed by atoms with van der Waals surface area (Å²) >= 11 is 13.8. The third kappa shape index (κ3) is 6.84. The Bertz CT molecular complexity index is 2260. The van der Waals surface area contributed by atoms with Crippen molar-refractivity contribution in [3.8, 4) is 11.1 Å². The van der Waals surface area contributed by atoms with E-state index < -0.39 is 17.3 Å². The van der Waals surface area contributed by atoms with Crippen molar-refractivity contribution in [2.45, 2.75) is 76.9 Å². The number of nitrogens with zero attached hydrogens (tertiary/aromatic N) is 7. The fourth-order valence-corrected chi connectivity index (χ4v) is 10.8. The number of hydrogen-bond acceptors (Lipinski definition) is 8. The Morgan fingerprint density at radius 3 is 2.35 bits per heavy atom. The average molecular weight is 816 g/mol. The van der Waals surface area contributed by atoms with Crippen molar-refractivity contribution >= 4 is 52.5 Å². The first-order valence-corrected chi connectivity index (χ1v) is 20.7. The second-order valence-electron chi connectivity index (χ2n) is 16.8. The van der Waals surface area contributed by atoms with Crippen LogP contribution in [-0.2, 0) is 49.6 Å². The van der Waals surface area contributed by atoms with E-state index in [1.165, 1.54) is 0 Å². The summed E-state index contributed by atoms with van der Waals surface area (Å²) in [5.41, 5.74) is 5.65. The van der Waals surface area contributed by atoms with Gasteiger partial charge in [0.05, 0.1) is 33.2 Å². The average Bonchev–Trinajstić information content (AvgIpc) is 3.98. The van der Waals surface area contributed by atoms with Crippen LogP contribution in [0.3, 0.4) is 0 Å². The van der Waals surface area contributed by atoms with Gasteiger partial charge in [0.25, 0.3) is 5.91 Å². The second kappa shape index (κ2) is 14.8. The number of ether oxygens (including phenoxy) is 1. The van der Waals surface area contributed by atoms with Gasteiger partial charge in [0.15, 0.2) is 5.82 Å². The Morgan fingerprint density at radius 2 is 1.61 bits per heavy atom. The molecular weight excluding hydrogens is 767 g/mol. The van der Waals surface area contributed by atoms with Crippen molar-refractivity contribution in [3.63, 3.8) is 0 Å². The molecule has 2 bridgehead atoms. The summed E-state index contributed by atoms with van der Waals surface area (Å²) in [4.78, 5) is 54.1. The van der Waals surface area contributed by atoms with Crippen LogP contribution in [0, 0.1) is 10.8 Å². The minimum absolute atomic E-state index is 0.0431. The van der Waals surface area contributed by atoms with E-state index in [0.717, 1.165) is 118 Å². The first-order chi connectivity index (χ1) is 27.4. The highest BCUT2D eigenvalue weighted by Crippen LogP contribution is 2.62. The molecule has 2 amide bonds.